The van der Waals surface area contributed by atoms with E-state index in [9.17, 15) is 18.0 Å². The third-order valence-electron chi connectivity index (χ3n) is 1.89. The first-order chi connectivity index (χ1) is 7.45. The molecule has 0 spiro atoms. The van der Waals surface area contributed by atoms with E-state index in [0.29, 0.717) is 0 Å². The van der Waals surface area contributed by atoms with Crippen molar-refractivity contribution in [1.82, 2.24) is 4.98 Å². The van der Waals surface area contributed by atoms with Crippen LogP contribution in [0.5, 0.6) is 0 Å². The number of halogens is 3. The van der Waals surface area contributed by atoms with Crippen molar-refractivity contribution in [2.45, 2.75) is 19.4 Å². The second-order valence-corrected chi connectivity index (χ2v) is 3.03. The van der Waals surface area contributed by atoms with Gasteiger partial charge in [0.25, 0.3) is 6.43 Å². The van der Waals surface area contributed by atoms with Crippen LogP contribution in [0.3, 0.4) is 0 Å². The lowest BCUT2D eigenvalue weighted by atomic mass is 10.1. The Morgan fingerprint density at radius 3 is 2.62 bits per heavy atom. The number of aromatic nitrogens is 1. The van der Waals surface area contributed by atoms with E-state index >= 15 is 0 Å². The smallest absolute Gasteiger partial charge is 0.309 e. The fourth-order valence-electron chi connectivity index (χ4n) is 1.24. The van der Waals surface area contributed by atoms with Crippen LogP contribution < -0.4 is 5.73 Å². The van der Waals surface area contributed by atoms with E-state index in [1.165, 1.54) is 0 Å². The number of carboxylic acid groups (broad SMARTS) is 1. The van der Waals surface area contributed by atoms with Crippen LogP contribution in [0.25, 0.3) is 0 Å². The zero-order chi connectivity index (χ0) is 12.3. The Morgan fingerprint density at radius 2 is 2.19 bits per heavy atom. The van der Waals surface area contributed by atoms with Gasteiger partial charge in [0.15, 0.2) is 0 Å². The molecule has 0 saturated heterocycles. The summed E-state index contributed by atoms with van der Waals surface area (Å²) in [5.74, 6) is -2.54. The highest BCUT2D eigenvalue weighted by Gasteiger charge is 2.22. The minimum atomic E-state index is -3.10. The molecule has 1 aromatic rings. The van der Waals surface area contributed by atoms with Crippen molar-refractivity contribution in [3.63, 3.8) is 0 Å². The van der Waals surface area contributed by atoms with Crippen molar-refractivity contribution >= 4 is 5.97 Å². The predicted octanol–water partition coefficient (Wildman–Crippen LogP) is 1.24. The maximum absolute atomic E-state index is 13.2. The van der Waals surface area contributed by atoms with Gasteiger partial charge in [0, 0.05) is 6.54 Å². The van der Waals surface area contributed by atoms with Gasteiger partial charge in [0.1, 0.15) is 5.82 Å². The highest BCUT2D eigenvalue weighted by molar-refractivity contribution is 5.70. The molecule has 7 heteroatoms. The first-order valence-electron chi connectivity index (χ1n) is 4.34. The number of alkyl halides is 2. The van der Waals surface area contributed by atoms with E-state index in [0.717, 1.165) is 6.07 Å². The molecule has 0 aliphatic heterocycles. The fourth-order valence-corrected chi connectivity index (χ4v) is 1.24. The van der Waals surface area contributed by atoms with E-state index in [2.05, 4.69) is 4.98 Å². The lowest BCUT2D eigenvalue weighted by Crippen LogP contribution is -2.12. The van der Waals surface area contributed by atoms with Crippen LogP contribution in [0.4, 0.5) is 13.2 Å². The number of rotatable bonds is 4. The zero-order valence-corrected chi connectivity index (χ0v) is 8.08. The topological polar surface area (TPSA) is 76.2 Å². The second kappa shape index (κ2) is 4.93. The molecule has 88 valence electrons. The summed E-state index contributed by atoms with van der Waals surface area (Å²) >= 11 is 0. The number of carbonyl (C=O) groups is 1. The molecule has 1 aromatic heterocycles. The van der Waals surface area contributed by atoms with Gasteiger partial charge in [0.2, 0.25) is 0 Å². The van der Waals surface area contributed by atoms with E-state index in [4.69, 9.17) is 10.8 Å². The molecule has 0 bridgehead atoms. The predicted molar refractivity (Wildman–Crippen MR) is 48.4 cm³/mol. The van der Waals surface area contributed by atoms with Crippen molar-refractivity contribution in [1.29, 1.82) is 0 Å². The second-order valence-electron chi connectivity index (χ2n) is 3.03. The molecule has 0 saturated carbocycles. The summed E-state index contributed by atoms with van der Waals surface area (Å²) < 4.78 is 38.2. The monoisotopic (exact) mass is 234 g/mol. The van der Waals surface area contributed by atoms with Crippen LogP contribution in [0, 0.1) is 5.82 Å². The summed E-state index contributed by atoms with van der Waals surface area (Å²) in [4.78, 5) is 14.0. The molecule has 0 aliphatic carbocycles. The van der Waals surface area contributed by atoms with Gasteiger partial charge in [-0.15, -0.1) is 0 Å². The number of hydrogen-bond acceptors (Lipinski definition) is 3. The van der Waals surface area contributed by atoms with Crippen LogP contribution in [0.2, 0.25) is 0 Å². The van der Waals surface area contributed by atoms with Gasteiger partial charge < -0.3 is 10.8 Å². The molecule has 0 amide bonds. The first kappa shape index (κ1) is 12.4. The van der Waals surface area contributed by atoms with E-state index in [1.54, 1.807) is 0 Å². The third kappa shape index (κ3) is 2.69. The summed E-state index contributed by atoms with van der Waals surface area (Å²) in [6.07, 6.45) is -3.86. The van der Waals surface area contributed by atoms with Gasteiger partial charge in [-0.1, -0.05) is 0 Å². The van der Waals surface area contributed by atoms with Gasteiger partial charge in [0.05, 0.1) is 23.4 Å². The lowest BCUT2D eigenvalue weighted by molar-refractivity contribution is -0.136. The Bertz CT molecular complexity index is 410. The summed E-state index contributed by atoms with van der Waals surface area (Å²) in [5, 5.41) is 8.49. The normalized spacial score (nSPS) is 10.8. The molecule has 4 nitrogen and oxygen atoms in total. The molecule has 16 heavy (non-hydrogen) atoms. The lowest BCUT2D eigenvalue weighted by Gasteiger charge is -2.09. The van der Waals surface area contributed by atoms with Crippen LogP contribution in [0.15, 0.2) is 6.07 Å². The molecule has 0 atom stereocenters. The van der Waals surface area contributed by atoms with Gasteiger partial charge in [-0.3, -0.25) is 9.78 Å². The fraction of sp³-hybridized carbons (Fsp3) is 0.333. The summed E-state index contributed by atoms with van der Waals surface area (Å²) in [6, 6.07) is 0.785. The number of nitrogens with zero attached hydrogens (tertiary/aromatic N) is 1. The molecule has 0 radical (unpaired) electrons. The first-order valence-corrected chi connectivity index (χ1v) is 4.34. The average molecular weight is 234 g/mol. The van der Waals surface area contributed by atoms with Crippen LogP contribution in [-0.4, -0.2) is 16.1 Å². The number of hydrogen-bond donors (Lipinski definition) is 2. The number of aliphatic carboxylic acids is 1. The standard InChI is InChI=1S/C9H9F3N2O2/c10-5-1-4(3-13)14-6(2-7(15)16)8(5)9(11)12/h1,9H,2-3,13H2,(H,15,16). The maximum atomic E-state index is 13.2. The number of nitrogens with two attached hydrogens (primary N) is 1. The average Bonchev–Trinajstić information content (AvgIpc) is 2.14. The molecule has 0 aliphatic rings. The van der Waals surface area contributed by atoms with Crippen molar-refractivity contribution < 1.29 is 23.1 Å². The Hall–Kier alpha value is -1.63. The van der Waals surface area contributed by atoms with E-state index in [1.807, 2.05) is 0 Å². The molecule has 3 N–H and O–H groups in total. The third-order valence-corrected chi connectivity index (χ3v) is 1.89. The largest absolute Gasteiger partial charge is 0.481 e. The molecule has 0 unspecified atom stereocenters. The Morgan fingerprint density at radius 1 is 1.56 bits per heavy atom. The van der Waals surface area contributed by atoms with E-state index in [-0.39, 0.29) is 12.2 Å². The van der Waals surface area contributed by atoms with Crippen LogP contribution in [0.1, 0.15) is 23.4 Å². The summed E-state index contributed by atoms with van der Waals surface area (Å²) in [6.45, 7) is -0.146. The van der Waals surface area contributed by atoms with Gasteiger partial charge in [-0.2, -0.15) is 0 Å². The quantitative estimate of drug-likeness (QED) is 0.821. The van der Waals surface area contributed by atoms with Crippen molar-refractivity contribution in [2.75, 3.05) is 0 Å². The minimum Gasteiger partial charge on any atom is -0.481 e. The molecule has 1 rings (SSSR count). The number of pyridine rings is 1. The van der Waals surface area contributed by atoms with Crippen molar-refractivity contribution in [2.24, 2.45) is 5.73 Å². The Labute approximate surface area is 88.9 Å². The zero-order valence-electron chi connectivity index (χ0n) is 8.08. The summed E-state index contributed by atoms with van der Waals surface area (Å²) in [5.41, 5.74) is 3.76. The molecule has 0 fully saturated rings. The van der Waals surface area contributed by atoms with Gasteiger partial charge in [-0.25, -0.2) is 13.2 Å². The highest BCUT2D eigenvalue weighted by atomic mass is 19.3. The Kier molecular flexibility index (Phi) is 3.83. The highest BCUT2D eigenvalue weighted by Crippen LogP contribution is 2.25. The van der Waals surface area contributed by atoms with Crippen LogP contribution >= 0.6 is 0 Å². The van der Waals surface area contributed by atoms with Crippen molar-refractivity contribution in [3.05, 3.63) is 28.8 Å². The number of carboxylic acids is 1. The molecular weight excluding hydrogens is 225 g/mol. The minimum absolute atomic E-state index is 0.0400. The molecule has 0 aromatic carbocycles. The maximum Gasteiger partial charge on any atom is 0.309 e. The Balaban J connectivity index is 3.28. The molecular formula is C9H9F3N2O2. The summed E-state index contributed by atoms with van der Waals surface area (Å²) in [7, 11) is 0. The van der Waals surface area contributed by atoms with Crippen LogP contribution in [-0.2, 0) is 17.8 Å². The van der Waals surface area contributed by atoms with Gasteiger partial charge >= 0.3 is 5.97 Å². The molecule has 1 heterocycles. The van der Waals surface area contributed by atoms with Gasteiger partial charge in [-0.05, 0) is 6.07 Å². The SMILES string of the molecule is NCc1cc(F)c(C(F)F)c(CC(=O)O)n1. The van der Waals surface area contributed by atoms with E-state index < -0.39 is 35.9 Å². The van der Waals surface area contributed by atoms with Crippen molar-refractivity contribution in [3.8, 4) is 0 Å².